The molecule has 0 saturated heterocycles. The van der Waals surface area contributed by atoms with Crippen LogP contribution in [-0.4, -0.2) is 27.6 Å². The first-order valence-corrected chi connectivity index (χ1v) is 4.53. The standard InChI is InChI=1S/C4H8OS.C3H4O2/c1-3-4-6(2)5;1-2-3(4)5/h3H,1,4H2,2H3;2H,1H2,(H,4,5). The minimum absolute atomic E-state index is 0.611. The first-order valence-electron chi connectivity index (χ1n) is 2.80. The Morgan fingerprint density at radius 3 is 2.09 bits per heavy atom. The van der Waals surface area contributed by atoms with Crippen LogP contribution in [0.25, 0.3) is 0 Å². The van der Waals surface area contributed by atoms with Crippen molar-refractivity contribution in [2.45, 2.75) is 0 Å². The predicted octanol–water partition coefficient (Wildman–Crippen LogP) is 0.808. The minimum Gasteiger partial charge on any atom is -0.616 e. The van der Waals surface area contributed by atoms with Crippen molar-refractivity contribution in [3.8, 4) is 0 Å². The lowest BCUT2D eigenvalue weighted by Gasteiger charge is -1.96. The molecule has 0 aliphatic carbocycles. The lowest BCUT2D eigenvalue weighted by atomic mass is 10.7. The van der Waals surface area contributed by atoms with E-state index in [9.17, 15) is 9.35 Å². The molecule has 0 heterocycles. The summed E-state index contributed by atoms with van der Waals surface area (Å²) in [6.07, 6.45) is 4.14. The van der Waals surface area contributed by atoms with Gasteiger partial charge in [0.05, 0.1) is 6.26 Å². The molecule has 0 aromatic carbocycles. The molecule has 64 valence electrons. The number of rotatable bonds is 3. The topological polar surface area (TPSA) is 60.4 Å². The van der Waals surface area contributed by atoms with Crippen molar-refractivity contribution < 1.29 is 14.5 Å². The van der Waals surface area contributed by atoms with Crippen LogP contribution in [0.1, 0.15) is 0 Å². The summed E-state index contributed by atoms with van der Waals surface area (Å²) in [5.41, 5.74) is 0. The molecule has 11 heavy (non-hydrogen) atoms. The average molecular weight is 176 g/mol. The molecule has 0 radical (unpaired) electrons. The Hall–Kier alpha value is -0.740. The van der Waals surface area contributed by atoms with Gasteiger partial charge in [0, 0.05) is 6.08 Å². The molecule has 0 aliphatic rings. The summed E-state index contributed by atoms with van der Waals surface area (Å²) in [4.78, 5) is 9.25. The summed E-state index contributed by atoms with van der Waals surface area (Å²) in [5.74, 6) is -0.370. The van der Waals surface area contributed by atoms with Gasteiger partial charge in [0.25, 0.3) is 0 Å². The van der Waals surface area contributed by atoms with Gasteiger partial charge in [-0.25, -0.2) is 4.79 Å². The van der Waals surface area contributed by atoms with Crippen molar-refractivity contribution in [3.63, 3.8) is 0 Å². The van der Waals surface area contributed by atoms with Crippen molar-refractivity contribution in [1.82, 2.24) is 0 Å². The second-order valence-electron chi connectivity index (χ2n) is 1.57. The van der Waals surface area contributed by atoms with Crippen LogP contribution >= 0.6 is 0 Å². The van der Waals surface area contributed by atoms with E-state index in [1.807, 2.05) is 0 Å². The molecule has 0 bridgehead atoms. The summed E-state index contributed by atoms with van der Waals surface area (Å²) in [7, 11) is 0. The molecule has 4 heteroatoms. The van der Waals surface area contributed by atoms with Gasteiger partial charge < -0.3 is 9.66 Å². The van der Waals surface area contributed by atoms with Crippen LogP contribution in [0, 0.1) is 0 Å². The largest absolute Gasteiger partial charge is 0.616 e. The Morgan fingerprint density at radius 1 is 1.73 bits per heavy atom. The third kappa shape index (κ3) is 26.9. The second-order valence-corrected chi connectivity index (χ2v) is 3.05. The van der Waals surface area contributed by atoms with Gasteiger partial charge in [0.1, 0.15) is 5.75 Å². The molecule has 1 atom stereocenters. The van der Waals surface area contributed by atoms with Crippen LogP contribution < -0.4 is 0 Å². The average Bonchev–Trinajstić information content (AvgIpc) is 1.89. The molecule has 0 saturated carbocycles. The van der Waals surface area contributed by atoms with E-state index in [-0.39, 0.29) is 0 Å². The highest BCUT2D eigenvalue weighted by molar-refractivity contribution is 7.90. The first-order chi connectivity index (χ1) is 5.04. The van der Waals surface area contributed by atoms with E-state index in [1.165, 1.54) is 0 Å². The highest BCUT2D eigenvalue weighted by Crippen LogP contribution is 1.79. The third-order valence-electron chi connectivity index (χ3n) is 0.527. The fraction of sp³-hybridized carbons (Fsp3) is 0.286. The number of carboxylic acids is 1. The molecular weight excluding hydrogens is 164 g/mol. The van der Waals surface area contributed by atoms with Crippen molar-refractivity contribution in [1.29, 1.82) is 0 Å². The normalized spacial score (nSPS) is 10.4. The summed E-state index contributed by atoms with van der Waals surface area (Å²) in [6.45, 7) is 6.37. The zero-order chi connectivity index (χ0) is 9.28. The third-order valence-corrected chi connectivity index (χ3v) is 1.23. The lowest BCUT2D eigenvalue weighted by Crippen LogP contribution is -1.98. The van der Waals surface area contributed by atoms with E-state index in [1.54, 1.807) is 12.3 Å². The molecule has 3 nitrogen and oxygen atoms in total. The molecule has 0 amide bonds. The Bertz CT molecular complexity index is 132. The van der Waals surface area contributed by atoms with E-state index in [2.05, 4.69) is 13.2 Å². The Balaban J connectivity index is 0. The van der Waals surface area contributed by atoms with Crippen molar-refractivity contribution in [2.75, 3.05) is 12.0 Å². The van der Waals surface area contributed by atoms with Gasteiger partial charge in [-0.2, -0.15) is 0 Å². The number of hydrogen-bond donors (Lipinski definition) is 1. The molecule has 0 aliphatic heterocycles. The summed E-state index contributed by atoms with van der Waals surface area (Å²) in [6, 6.07) is 0. The monoisotopic (exact) mass is 176 g/mol. The van der Waals surface area contributed by atoms with Gasteiger partial charge in [-0.3, -0.25) is 0 Å². The van der Waals surface area contributed by atoms with Gasteiger partial charge in [0.15, 0.2) is 0 Å². The van der Waals surface area contributed by atoms with Crippen LogP contribution in [0.15, 0.2) is 25.3 Å². The Labute approximate surface area is 69.6 Å². The Morgan fingerprint density at radius 2 is 2.09 bits per heavy atom. The molecule has 0 spiro atoms. The maximum Gasteiger partial charge on any atom is 0.327 e. The number of carboxylic acid groups (broad SMARTS) is 1. The summed E-state index contributed by atoms with van der Waals surface area (Å²) < 4.78 is 10.1. The van der Waals surface area contributed by atoms with Crippen LogP contribution in [0.3, 0.4) is 0 Å². The maximum atomic E-state index is 10.1. The maximum absolute atomic E-state index is 10.1. The fourth-order valence-corrected chi connectivity index (χ4v) is 0.498. The van der Waals surface area contributed by atoms with Crippen molar-refractivity contribution in [2.24, 2.45) is 0 Å². The quantitative estimate of drug-likeness (QED) is 0.393. The SMILES string of the molecule is C=CC(=O)O.C=CC[S+](C)[O-]. The van der Waals surface area contributed by atoms with E-state index in [0.29, 0.717) is 5.75 Å². The number of carbonyl (C=O) groups is 1. The van der Waals surface area contributed by atoms with E-state index in [0.717, 1.165) is 6.08 Å². The highest BCUT2D eigenvalue weighted by atomic mass is 32.2. The molecule has 0 fully saturated rings. The predicted molar refractivity (Wildman–Crippen MR) is 47.0 cm³/mol. The Kier molecular flexibility index (Phi) is 10.9. The van der Waals surface area contributed by atoms with Gasteiger partial charge in [-0.15, -0.1) is 0 Å². The molecule has 1 unspecified atom stereocenters. The van der Waals surface area contributed by atoms with E-state index >= 15 is 0 Å². The summed E-state index contributed by atoms with van der Waals surface area (Å²) >= 11 is -0.684. The molecule has 0 rings (SSSR count). The van der Waals surface area contributed by atoms with Gasteiger partial charge in [-0.05, 0) is 6.08 Å². The van der Waals surface area contributed by atoms with Gasteiger partial charge in [-0.1, -0.05) is 24.3 Å². The smallest absolute Gasteiger partial charge is 0.327 e. The number of aliphatic carboxylic acids is 1. The zero-order valence-electron chi connectivity index (χ0n) is 6.45. The highest BCUT2D eigenvalue weighted by Gasteiger charge is 1.84. The van der Waals surface area contributed by atoms with Crippen LogP contribution in [0.2, 0.25) is 0 Å². The van der Waals surface area contributed by atoms with Gasteiger partial charge >= 0.3 is 5.97 Å². The van der Waals surface area contributed by atoms with Crippen LogP contribution in [0.4, 0.5) is 0 Å². The molecular formula is C7H12O3S. The first kappa shape index (κ1) is 12.9. The lowest BCUT2D eigenvalue weighted by molar-refractivity contribution is -0.131. The van der Waals surface area contributed by atoms with Gasteiger partial charge in [0.2, 0.25) is 0 Å². The fourth-order valence-electron chi connectivity index (χ4n) is 0.166. The molecule has 0 aromatic rings. The molecule has 0 aromatic heterocycles. The second kappa shape index (κ2) is 9.26. The minimum atomic E-state index is -0.981. The van der Waals surface area contributed by atoms with Crippen LogP contribution in [0.5, 0.6) is 0 Å². The van der Waals surface area contributed by atoms with Crippen LogP contribution in [-0.2, 0) is 16.0 Å². The van der Waals surface area contributed by atoms with E-state index < -0.39 is 17.1 Å². The van der Waals surface area contributed by atoms with E-state index in [4.69, 9.17) is 5.11 Å². The number of hydrogen-bond acceptors (Lipinski definition) is 2. The van der Waals surface area contributed by atoms with Crippen molar-refractivity contribution in [3.05, 3.63) is 25.3 Å². The molecule has 1 N–H and O–H groups in total. The van der Waals surface area contributed by atoms with Crippen molar-refractivity contribution >= 4 is 17.1 Å². The summed E-state index contributed by atoms with van der Waals surface area (Å²) in [5, 5.41) is 7.60. The zero-order valence-corrected chi connectivity index (χ0v) is 7.26.